The highest BCUT2D eigenvalue weighted by atomic mass is 19.4. The Labute approximate surface area is 204 Å². The van der Waals surface area contributed by atoms with Gasteiger partial charge in [0.1, 0.15) is 23.6 Å². The molecule has 0 fully saturated rings. The molecule has 188 valence electrons. The summed E-state index contributed by atoms with van der Waals surface area (Å²) in [6.45, 7) is 1.75. The van der Waals surface area contributed by atoms with Crippen molar-refractivity contribution in [3.63, 3.8) is 0 Å². The fraction of sp³-hybridized carbons (Fsp3) is 0.250. The van der Waals surface area contributed by atoms with Crippen LogP contribution in [0.1, 0.15) is 22.3 Å². The molecule has 36 heavy (non-hydrogen) atoms. The molecule has 2 heterocycles. The van der Waals surface area contributed by atoms with Crippen LogP contribution in [0.5, 0.6) is 0 Å². The summed E-state index contributed by atoms with van der Waals surface area (Å²) in [5.74, 6) is -0.194. The van der Waals surface area contributed by atoms with Crippen molar-refractivity contribution < 1.29 is 27.5 Å². The minimum atomic E-state index is -4.54. The molecule has 0 aliphatic heterocycles. The molecular formula is C24H23F3N6O3. The lowest BCUT2D eigenvalue weighted by atomic mass is 9.98. The van der Waals surface area contributed by atoms with E-state index in [1.54, 1.807) is 32.3 Å². The number of H-pyrrole nitrogens is 1. The van der Waals surface area contributed by atoms with E-state index in [-0.39, 0.29) is 11.3 Å². The zero-order chi connectivity index (χ0) is 26.0. The minimum Gasteiger partial charge on any atom is -0.497 e. The number of hydrogen-bond donors (Lipinski definition) is 3. The molecule has 1 unspecified atom stereocenters. The molecule has 1 atom stereocenters. The first-order valence-corrected chi connectivity index (χ1v) is 10.8. The third-order valence-electron chi connectivity index (χ3n) is 5.73. The Morgan fingerprint density at radius 1 is 1.22 bits per heavy atom. The second-order valence-corrected chi connectivity index (χ2v) is 8.18. The Morgan fingerprint density at radius 2 is 2.00 bits per heavy atom. The molecule has 1 aliphatic rings. The zero-order valence-electron chi connectivity index (χ0n) is 19.6. The van der Waals surface area contributed by atoms with Crippen molar-refractivity contribution in [1.82, 2.24) is 20.3 Å². The first-order valence-electron chi connectivity index (χ1n) is 10.8. The number of methoxy groups -OCH3 is 1. The van der Waals surface area contributed by atoms with Crippen LogP contribution in [0.2, 0.25) is 0 Å². The van der Waals surface area contributed by atoms with Gasteiger partial charge in [0.2, 0.25) is 0 Å². The van der Waals surface area contributed by atoms with Crippen molar-refractivity contribution in [2.45, 2.75) is 25.6 Å². The Kier molecular flexibility index (Phi) is 6.69. The van der Waals surface area contributed by atoms with Crippen LogP contribution in [-0.2, 0) is 4.74 Å². The molecule has 3 amide bonds. The molecule has 3 N–H and O–H groups in total. The van der Waals surface area contributed by atoms with Crippen LogP contribution in [0.4, 0.5) is 29.5 Å². The molecule has 1 aliphatic carbocycles. The molecule has 1 aromatic carbocycles. The van der Waals surface area contributed by atoms with Crippen LogP contribution in [-0.4, -0.2) is 53.3 Å². The molecule has 0 spiro atoms. The number of ether oxygens (including phenoxy) is 1. The number of carbonyl (C=O) groups is 2. The third kappa shape index (κ3) is 5.16. The van der Waals surface area contributed by atoms with E-state index in [1.165, 1.54) is 36.5 Å². The van der Waals surface area contributed by atoms with Gasteiger partial charge in [-0.05, 0) is 42.8 Å². The number of hydrogen-bond acceptors (Lipinski definition) is 5. The van der Waals surface area contributed by atoms with Crippen LogP contribution in [0, 0.1) is 6.92 Å². The summed E-state index contributed by atoms with van der Waals surface area (Å²) in [5, 5.41) is 6.00. The number of alkyl halides is 3. The number of nitrogens with one attached hydrogen (secondary N) is 3. The maximum absolute atomic E-state index is 13.2. The first-order chi connectivity index (χ1) is 17.1. The molecule has 0 saturated carbocycles. The van der Waals surface area contributed by atoms with Crippen molar-refractivity contribution in [3.05, 3.63) is 71.4 Å². The second kappa shape index (κ2) is 9.72. The summed E-state index contributed by atoms with van der Waals surface area (Å²) in [6, 6.07) is 4.96. The number of aryl methyl sites for hydroxylation is 1. The molecule has 0 radical (unpaired) electrons. The van der Waals surface area contributed by atoms with Gasteiger partial charge in [0.15, 0.2) is 0 Å². The monoisotopic (exact) mass is 500 g/mol. The summed E-state index contributed by atoms with van der Waals surface area (Å²) in [6.07, 6.45) is 0.395. The topological polar surface area (TPSA) is 112 Å². The molecule has 4 rings (SSSR count). The molecule has 12 heteroatoms. The van der Waals surface area contributed by atoms with Crippen molar-refractivity contribution in [2.75, 3.05) is 24.4 Å². The van der Waals surface area contributed by atoms with Crippen LogP contribution in [0.15, 0.2) is 60.3 Å². The molecule has 9 nitrogen and oxygen atoms in total. The average molecular weight is 500 g/mol. The van der Waals surface area contributed by atoms with Crippen LogP contribution in [0.25, 0.3) is 11.0 Å². The number of aromatic amines is 1. The third-order valence-corrected chi connectivity index (χ3v) is 5.73. The maximum Gasteiger partial charge on any atom is 0.412 e. The largest absolute Gasteiger partial charge is 0.497 e. The van der Waals surface area contributed by atoms with Crippen molar-refractivity contribution in [1.29, 1.82) is 0 Å². The predicted molar refractivity (Wildman–Crippen MR) is 128 cm³/mol. The summed E-state index contributed by atoms with van der Waals surface area (Å²) >= 11 is 0. The van der Waals surface area contributed by atoms with Gasteiger partial charge in [0, 0.05) is 36.5 Å². The quantitative estimate of drug-likeness (QED) is 0.479. The van der Waals surface area contributed by atoms with E-state index >= 15 is 0 Å². The number of nitrogens with zero attached hydrogens (tertiary/aromatic N) is 3. The fourth-order valence-electron chi connectivity index (χ4n) is 3.76. The maximum atomic E-state index is 13.2. The van der Waals surface area contributed by atoms with Gasteiger partial charge in [-0.25, -0.2) is 14.8 Å². The average Bonchev–Trinajstić information content (AvgIpc) is 3.33. The number of urea groups is 1. The highest BCUT2D eigenvalue weighted by Crippen LogP contribution is 2.33. The Balaban J connectivity index is 1.50. The van der Waals surface area contributed by atoms with Gasteiger partial charge in [0.05, 0.1) is 18.5 Å². The number of halogens is 3. The van der Waals surface area contributed by atoms with Crippen molar-refractivity contribution in [2.24, 2.45) is 0 Å². The Hall–Kier alpha value is -4.35. The molecular weight excluding hydrogens is 477 g/mol. The summed E-state index contributed by atoms with van der Waals surface area (Å²) < 4.78 is 44.7. The standard InChI is InChI=1S/C24H23F3N6O3/c1-13-4-5-14(22(34)31-16-9-15(24(25,26)27)10-17(11-16)36-3)8-19(13)32-23(35)33(2)21-18-6-7-28-20(18)29-12-30-21/h4-8,10-12,16H,9H2,1-3H3,(H,31,34)(H,32,35)(H,28,29,30). The van der Waals surface area contributed by atoms with Gasteiger partial charge < -0.3 is 20.4 Å². The van der Waals surface area contributed by atoms with E-state index in [4.69, 9.17) is 4.74 Å². The van der Waals surface area contributed by atoms with Gasteiger partial charge in [-0.2, -0.15) is 13.2 Å². The molecule has 0 bridgehead atoms. The SMILES string of the molecule is COC1=CC(NC(=O)c2ccc(C)c(NC(=O)N(C)c3ncnc4[nH]ccc34)c2)CC(C(F)(F)F)=C1. The van der Waals surface area contributed by atoms with Gasteiger partial charge >= 0.3 is 12.2 Å². The smallest absolute Gasteiger partial charge is 0.412 e. The van der Waals surface area contributed by atoms with E-state index in [1.807, 2.05) is 0 Å². The summed E-state index contributed by atoms with van der Waals surface area (Å²) in [5.41, 5.74) is 1.000. The van der Waals surface area contributed by atoms with Crippen molar-refractivity contribution in [3.8, 4) is 0 Å². The number of allylic oxidation sites excluding steroid dienone is 1. The second-order valence-electron chi connectivity index (χ2n) is 8.18. The highest BCUT2D eigenvalue weighted by Gasteiger charge is 2.37. The molecule has 3 aromatic rings. The van der Waals surface area contributed by atoms with E-state index in [0.29, 0.717) is 28.1 Å². The van der Waals surface area contributed by atoms with Crippen LogP contribution >= 0.6 is 0 Å². The van der Waals surface area contributed by atoms with Gasteiger partial charge in [-0.15, -0.1) is 0 Å². The lowest BCUT2D eigenvalue weighted by molar-refractivity contribution is -0.0950. The summed E-state index contributed by atoms with van der Waals surface area (Å²) in [7, 11) is 2.81. The molecule has 0 saturated heterocycles. The number of fused-ring (bicyclic) bond motifs is 1. The summed E-state index contributed by atoms with van der Waals surface area (Å²) in [4.78, 5) is 38.3. The van der Waals surface area contributed by atoms with E-state index in [0.717, 1.165) is 6.08 Å². The number of amides is 3. The van der Waals surface area contributed by atoms with Gasteiger partial charge in [0.25, 0.3) is 5.91 Å². The van der Waals surface area contributed by atoms with Crippen molar-refractivity contribution >= 4 is 34.5 Å². The Bertz CT molecular complexity index is 1380. The van der Waals surface area contributed by atoms with Gasteiger partial charge in [-0.1, -0.05) is 6.07 Å². The van der Waals surface area contributed by atoms with E-state index in [9.17, 15) is 22.8 Å². The zero-order valence-corrected chi connectivity index (χ0v) is 19.6. The number of anilines is 2. The number of aromatic nitrogens is 3. The van der Waals surface area contributed by atoms with Crippen LogP contribution in [0.3, 0.4) is 0 Å². The lowest BCUT2D eigenvalue weighted by Crippen LogP contribution is -2.37. The Morgan fingerprint density at radius 3 is 2.72 bits per heavy atom. The number of benzene rings is 1. The fourth-order valence-corrected chi connectivity index (χ4v) is 3.76. The first kappa shape index (κ1) is 24.8. The molecule has 2 aromatic heterocycles. The predicted octanol–water partition coefficient (Wildman–Crippen LogP) is 4.46. The normalized spacial score (nSPS) is 15.7. The minimum absolute atomic E-state index is 0.0139. The van der Waals surface area contributed by atoms with E-state index < -0.39 is 36.2 Å². The highest BCUT2D eigenvalue weighted by molar-refractivity contribution is 6.06. The number of carbonyl (C=O) groups excluding carboxylic acids is 2. The van der Waals surface area contributed by atoms with Crippen LogP contribution < -0.4 is 15.5 Å². The number of rotatable bonds is 5. The van der Waals surface area contributed by atoms with Gasteiger partial charge in [-0.3, -0.25) is 9.69 Å². The lowest BCUT2D eigenvalue weighted by Gasteiger charge is -2.24. The van der Waals surface area contributed by atoms with E-state index in [2.05, 4.69) is 25.6 Å².